The lowest BCUT2D eigenvalue weighted by Crippen LogP contribution is -2.50. The Morgan fingerprint density at radius 1 is 1.32 bits per heavy atom. The zero-order chi connectivity index (χ0) is 14.0. The molecule has 1 aliphatic heterocycles. The number of rotatable bonds is 4. The first-order chi connectivity index (χ1) is 8.97. The van der Waals surface area contributed by atoms with Crippen LogP contribution in [0.3, 0.4) is 0 Å². The molecule has 1 fully saturated rings. The number of hydrogen-bond donors (Lipinski definition) is 0. The molecule has 1 aromatic rings. The van der Waals surface area contributed by atoms with Gasteiger partial charge in [0.2, 0.25) is 0 Å². The first-order valence-electron chi connectivity index (χ1n) is 7.04. The smallest absolute Gasteiger partial charge is 0.182 e. The van der Waals surface area contributed by atoms with Crippen LogP contribution in [0.25, 0.3) is 0 Å². The van der Waals surface area contributed by atoms with Crippen molar-refractivity contribution in [3.63, 3.8) is 0 Å². The summed E-state index contributed by atoms with van der Waals surface area (Å²) < 4.78 is 13.5. The fraction of sp³-hybridized carbons (Fsp3) is 0.562. The summed E-state index contributed by atoms with van der Waals surface area (Å²) in [7, 11) is 0. The van der Waals surface area contributed by atoms with Gasteiger partial charge in [0.15, 0.2) is 5.78 Å². The van der Waals surface area contributed by atoms with Gasteiger partial charge >= 0.3 is 0 Å². The molecule has 19 heavy (non-hydrogen) atoms. The van der Waals surface area contributed by atoms with Gasteiger partial charge in [0.25, 0.3) is 0 Å². The van der Waals surface area contributed by atoms with E-state index in [4.69, 9.17) is 0 Å². The number of likely N-dealkylation sites (tertiary alicyclic amines) is 1. The highest BCUT2D eigenvalue weighted by Gasteiger charge is 2.39. The Hall–Kier alpha value is -1.22. The van der Waals surface area contributed by atoms with E-state index in [9.17, 15) is 9.18 Å². The molecular weight excluding hydrogens is 241 g/mol. The van der Waals surface area contributed by atoms with Crippen molar-refractivity contribution < 1.29 is 9.18 Å². The molecule has 0 N–H and O–H groups in total. The molecule has 1 aromatic carbocycles. The Balaban J connectivity index is 2.34. The SMILES string of the molecule is CCC(C)(C(=O)c1cc(C)cc(F)c1)N1CCCC1. The molecule has 0 radical (unpaired) electrons. The van der Waals surface area contributed by atoms with Crippen molar-refractivity contribution >= 4 is 5.78 Å². The van der Waals surface area contributed by atoms with Crippen LogP contribution in [0.1, 0.15) is 49.0 Å². The van der Waals surface area contributed by atoms with E-state index in [2.05, 4.69) is 4.90 Å². The van der Waals surface area contributed by atoms with Crippen LogP contribution in [-0.2, 0) is 0 Å². The molecule has 0 bridgehead atoms. The second-order valence-electron chi connectivity index (χ2n) is 5.67. The standard InChI is InChI=1S/C16H22FNO/c1-4-16(3,18-7-5-6-8-18)15(19)13-9-12(2)10-14(17)11-13/h9-11H,4-8H2,1-3H3. The maximum absolute atomic E-state index is 13.5. The third-order valence-electron chi connectivity index (χ3n) is 4.29. The lowest BCUT2D eigenvalue weighted by molar-refractivity contribution is 0.0647. The minimum absolute atomic E-state index is 0.0412. The summed E-state index contributed by atoms with van der Waals surface area (Å²) in [6.07, 6.45) is 3.04. The average molecular weight is 263 g/mol. The summed E-state index contributed by atoms with van der Waals surface area (Å²) >= 11 is 0. The third kappa shape index (κ3) is 2.71. The van der Waals surface area contributed by atoms with Gasteiger partial charge in [-0.15, -0.1) is 0 Å². The monoisotopic (exact) mass is 263 g/mol. The van der Waals surface area contributed by atoms with Crippen molar-refractivity contribution in [2.45, 2.75) is 45.6 Å². The quantitative estimate of drug-likeness (QED) is 0.774. The first kappa shape index (κ1) is 14.2. The van der Waals surface area contributed by atoms with Gasteiger partial charge in [-0.2, -0.15) is 0 Å². The van der Waals surface area contributed by atoms with Crippen LogP contribution in [0.2, 0.25) is 0 Å². The van der Waals surface area contributed by atoms with Crippen molar-refractivity contribution in [3.8, 4) is 0 Å². The topological polar surface area (TPSA) is 20.3 Å². The molecule has 2 rings (SSSR count). The normalized spacial score (nSPS) is 19.4. The number of benzene rings is 1. The average Bonchev–Trinajstić information content (AvgIpc) is 2.90. The van der Waals surface area contributed by atoms with Gasteiger partial charge < -0.3 is 0 Å². The molecule has 2 nitrogen and oxygen atoms in total. The second kappa shape index (κ2) is 5.41. The number of aryl methyl sites for hydroxylation is 1. The van der Waals surface area contributed by atoms with Crippen LogP contribution >= 0.6 is 0 Å². The van der Waals surface area contributed by atoms with Gasteiger partial charge in [-0.25, -0.2) is 4.39 Å². The number of halogens is 1. The molecule has 1 aliphatic rings. The van der Waals surface area contributed by atoms with Crippen LogP contribution in [-0.4, -0.2) is 29.3 Å². The van der Waals surface area contributed by atoms with Crippen molar-refractivity contribution in [1.82, 2.24) is 4.90 Å². The second-order valence-corrected chi connectivity index (χ2v) is 5.67. The molecule has 0 saturated carbocycles. The summed E-state index contributed by atoms with van der Waals surface area (Å²) in [6.45, 7) is 7.76. The molecule has 1 atom stereocenters. The fourth-order valence-corrected chi connectivity index (χ4v) is 2.92. The number of carbonyl (C=O) groups excluding carboxylic acids is 1. The zero-order valence-corrected chi connectivity index (χ0v) is 12.0. The molecule has 0 spiro atoms. The number of Topliss-reactive ketones (excluding diaryl/α,β-unsaturated/α-hetero) is 1. The van der Waals surface area contributed by atoms with Crippen molar-refractivity contribution in [3.05, 3.63) is 35.1 Å². The van der Waals surface area contributed by atoms with Crippen LogP contribution in [0.4, 0.5) is 4.39 Å². The minimum Gasteiger partial charge on any atom is -0.292 e. The maximum Gasteiger partial charge on any atom is 0.182 e. The summed E-state index contributed by atoms with van der Waals surface area (Å²) in [5.74, 6) is -0.289. The molecule has 1 unspecified atom stereocenters. The van der Waals surface area contributed by atoms with E-state index in [1.54, 1.807) is 6.07 Å². The Morgan fingerprint density at radius 3 is 2.47 bits per heavy atom. The third-order valence-corrected chi connectivity index (χ3v) is 4.29. The van der Waals surface area contributed by atoms with Crippen molar-refractivity contribution in [2.75, 3.05) is 13.1 Å². The van der Waals surface area contributed by atoms with Gasteiger partial charge in [0.1, 0.15) is 5.82 Å². The van der Waals surface area contributed by atoms with E-state index < -0.39 is 5.54 Å². The summed E-state index contributed by atoms with van der Waals surface area (Å²) in [5, 5.41) is 0. The largest absolute Gasteiger partial charge is 0.292 e. The van der Waals surface area contributed by atoms with E-state index in [1.165, 1.54) is 12.1 Å². The van der Waals surface area contributed by atoms with E-state index in [0.29, 0.717) is 5.56 Å². The van der Waals surface area contributed by atoms with Gasteiger partial charge in [-0.1, -0.05) is 6.92 Å². The summed E-state index contributed by atoms with van der Waals surface area (Å²) in [6, 6.07) is 4.60. The minimum atomic E-state index is -0.503. The molecule has 0 aliphatic carbocycles. The highest BCUT2D eigenvalue weighted by Crippen LogP contribution is 2.28. The van der Waals surface area contributed by atoms with Gasteiger partial charge in [0, 0.05) is 5.56 Å². The number of ketones is 1. The van der Waals surface area contributed by atoms with Crippen LogP contribution in [0.15, 0.2) is 18.2 Å². The molecule has 1 saturated heterocycles. The van der Waals surface area contributed by atoms with Gasteiger partial charge in [-0.3, -0.25) is 9.69 Å². The van der Waals surface area contributed by atoms with Gasteiger partial charge in [0.05, 0.1) is 5.54 Å². The molecule has 1 heterocycles. The lowest BCUT2D eigenvalue weighted by atomic mass is 9.86. The van der Waals surface area contributed by atoms with Crippen LogP contribution in [0, 0.1) is 12.7 Å². The van der Waals surface area contributed by atoms with E-state index in [0.717, 1.165) is 37.9 Å². The Morgan fingerprint density at radius 2 is 1.95 bits per heavy atom. The highest BCUT2D eigenvalue weighted by atomic mass is 19.1. The van der Waals surface area contributed by atoms with Crippen LogP contribution < -0.4 is 0 Å². The van der Waals surface area contributed by atoms with Crippen LogP contribution in [0.5, 0.6) is 0 Å². The Bertz CT molecular complexity index is 459. The Labute approximate surface area is 114 Å². The number of carbonyl (C=O) groups is 1. The van der Waals surface area contributed by atoms with E-state index in [-0.39, 0.29) is 11.6 Å². The van der Waals surface area contributed by atoms with Crippen molar-refractivity contribution in [1.29, 1.82) is 0 Å². The number of nitrogens with zero attached hydrogens (tertiary/aromatic N) is 1. The fourth-order valence-electron chi connectivity index (χ4n) is 2.92. The number of hydrogen-bond acceptors (Lipinski definition) is 2. The predicted octanol–water partition coefficient (Wildman–Crippen LogP) is 3.58. The molecule has 104 valence electrons. The predicted molar refractivity (Wildman–Crippen MR) is 75.0 cm³/mol. The van der Waals surface area contributed by atoms with Crippen molar-refractivity contribution in [2.24, 2.45) is 0 Å². The molecule has 0 amide bonds. The summed E-state index contributed by atoms with van der Waals surface area (Å²) in [4.78, 5) is 15.0. The zero-order valence-electron chi connectivity index (χ0n) is 12.0. The molecule has 0 aromatic heterocycles. The maximum atomic E-state index is 13.5. The summed E-state index contributed by atoms with van der Waals surface area (Å²) in [5.41, 5.74) is 0.786. The highest BCUT2D eigenvalue weighted by molar-refractivity contribution is 6.03. The Kier molecular flexibility index (Phi) is 4.04. The first-order valence-corrected chi connectivity index (χ1v) is 7.04. The molecule has 3 heteroatoms. The lowest BCUT2D eigenvalue weighted by Gasteiger charge is -2.36. The molecular formula is C16H22FNO. The van der Waals surface area contributed by atoms with E-state index in [1.807, 2.05) is 20.8 Å². The van der Waals surface area contributed by atoms with Gasteiger partial charge in [-0.05, 0) is 70.0 Å². The van der Waals surface area contributed by atoms with E-state index >= 15 is 0 Å².